The minimum absolute atomic E-state index is 0. The van der Waals surface area contributed by atoms with E-state index in [-0.39, 0.29) is 20.4 Å². The number of hydrogen-bond acceptors (Lipinski definition) is 1. The first-order valence-electron chi connectivity index (χ1n) is 11.6. The van der Waals surface area contributed by atoms with Crippen molar-refractivity contribution in [3.63, 3.8) is 0 Å². The number of terminal acetylenes is 1. The molecule has 2 radical (unpaired) electrons. The predicted molar refractivity (Wildman–Crippen MR) is 161 cm³/mol. The van der Waals surface area contributed by atoms with Gasteiger partial charge in [-0.15, -0.1) is 12.3 Å². The average Bonchev–Trinajstić information content (AvgIpc) is 3.13. The average molecular weight is 687 g/mol. The van der Waals surface area contributed by atoms with Gasteiger partial charge in [0.1, 0.15) is 0 Å². The first kappa shape index (κ1) is 34.5. The Balaban J connectivity index is 0.000000609. The van der Waals surface area contributed by atoms with Crippen LogP contribution in [0.4, 0.5) is 0 Å². The molecule has 3 aromatic carbocycles. The Bertz CT molecular complexity index is 1190. The summed E-state index contributed by atoms with van der Waals surface area (Å²) in [6, 6.07) is 32.3. The van der Waals surface area contributed by atoms with Gasteiger partial charge in [0, 0.05) is 26.3 Å². The molecule has 2 nitrogen and oxygen atoms in total. The molecule has 0 bridgehead atoms. The van der Waals surface area contributed by atoms with E-state index < -0.39 is 7.92 Å². The van der Waals surface area contributed by atoms with E-state index in [0.29, 0.717) is 0 Å². The Kier molecular flexibility index (Phi) is 17.8. The second-order valence-electron chi connectivity index (χ2n) is 7.99. The first-order chi connectivity index (χ1) is 17.9. The van der Waals surface area contributed by atoms with E-state index in [2.05, 4.69) is 144 Å². The minimum atomic E-state index is -0.446. The first-order valence-corrected chi connectivity index (χ1v) is 13.0. The van der Waals surface area contributed by atoms with Crippen molar-refractivity contribution < 1.29 is 20.4 Å². The molecule has 0 heterocycles. The van der Waals surface area contributed by atoms with Crippen LogP contribution in [0.15, 0.2) is 113 Å². The summed E-state index contributed by atoms with van der Waals surface area (Å²) >= 11 is 0. The van der Waals surface area contributed by atoms with Gasteiger partial charge in [0.25, 0.3) is 0 Å². The van der Waals surface area contributed by atoms with E-state index in [9.17, 15) is 0 Å². The summed E-state index contributed by atoms with van der Waals surface area (Å²) in [4.78, 5) is 7.25. The summed E-state index contributed by atoms with van der Waals surface area (Å²) in [5.74, 6) is 9.61. The molecule has 0 spiro atoms. The van der Waals surface area contributed by atoms with Crippen molar-refractivity contribution in [1.29, 1.82) is 0 Å². The van der Waals surface area contributed by atoms with Crippen LogP contribution in [0.3, 0.4) is 0 Å². The number of nitrogens with zero attached hydrogens (tertiary/aromatic N) is 1. The zero-order chi connectivity index (χ0) is 27.6. The number of benzene rings is 3. The molecule has 1 aliphatic rings. The van der Waals surface area contributed by atoms with Crippen molar-refractivity contribution in [2.24, 2.45) is 0 Å². The smallest absolute Gasteiger partial charge is 0.0226 e. The van der Waals surface area contributed by atoms with Crippen LogP contribution >= 0.6 is 7.92 Å². The molecule has 0 aromatic heterocycles. The van der Waals surface area contributed by atoms with E-state index in [4.69, 9.17) is 16.9 Å². The summed E-state index contributed by atoms with van der Waals surface area (Å²) in [7, 11) is -0.446. The molecule has 0 unspecified atom stereocenters. The zero-order valence-electron chi connectivity index (χ0n) is 22.4. The maximum absolute atomic E-state index is 7.25. The van der Waals surface area contributed by atoms with Crippen LogP contribution in [0.2, 0.25) is 0 Å². The fraction of sp³-hybridized carbons (Fsp3) is 0.147. The van der Waals surface area contributed by atoms with Gasteiger partial charge in [0.15, 0.2) is 0 Å². The SMILES string of the molecule is C[C]1C(C)=C(C)C(C)=C1C.[C-]#CC#CC#C.[N-]=O.[Re].c1ccc(P(c2ccccc2)c2ccccc2)cc1. The molecule has 0 amide bonds. The summed E-state index contributed by atoms with van der Waals surface area (Å²) in [6.45, 7) is 11.0. The third kappa shape index (κ3) is 10.5. The van der Waals surface area contributed by atoms with Crippen molar-refractivity contribution in [1.82, 2.24) is 0 Å². The van der Waals surface area contributed by atoms with Gasteiger partial charge in [-0.2, -0.15) is 0 Å². The number of rotatable bonds is 3. The predicted octanol–water partition coefficient (Wildman–Crippen LogP) is 7.24. The molecule has 0 aliphatic heterocycles. The van der Waals surface area contributed by atoms with Gasteiger partial charge in [-0.05, 0) is 68.6 Å². The number of hydrogen-bond donors (Lipinski definition) is 0. The van der Waals surface area contributed by atoms with Gasteiger partial charge in [0.2, 0.25) is 0 Å². The van der Waals surface area contributed by atoms with Crippen LogP contribution < -0.4 is 15.9 Å². The molecule has 1 aliphatic carbocycles. The van der Waals surface area contributed by atoms with Crippen LogP contribution in [-0.2, 0) is 20.4 Å². The Morgan fingerprint density at radius 1 is 0.605 bits per heavy atom. The molecule has 4 rings (SSSR count). The number of allylic oxidation sites excluding steroid dienone is 4. The minimum Gasteiger partial charge on any atom is -0.577 e. The fourth-order valence-electron chi connectivity index (χ4n) is 3.65. The molecule has 192 valence electrons. The monoisotopic (exact) mass is 687 g/mol. The molecule has 0 N–H and O–H groups in total. The quantitative estimate of drug-likeness (QED) is 0.163. The van der Waals surface area contributed by atoms with Crippen LogP contribution in [0.25, 0.3) is 5.59 Å². The summed E-state index contributed by atoms with van der Waals surface area (Å²) in [6.07, 6.45) is 10.9. The van der Waals surface area contributed by atoms with Crippen molar-refractivity contribution >= 4 is 23.8 Å². The zero-order valence-corrected chi connectivity index (χ0v) is 26.0. The molecule has 0 saturated carbocycles. The number of nitroso groups, excluding NO2 is 1. The maximum atomic E-state index is 7.25. The molecule has 0 fully saturated rings. The van der Waals surface area contributed by atoms with Gasteiger partial charge >= 0.3 is 0 Å². The molecule has 0 saturated heterocycles. The Morgan fingerprint density at radius 3 is 1.11 bits per heavy atom. The van der Waals surface area contributed by atoms with Gasteiger partial charge in [-0.1, -0.05) is 109 Å². The second-order valence-corrected chi connectivity index (χ2v) is 10.2. The molecule has 4 heteroatoms. The normalized spacial score (nSPS) is 11.5. The van der Waals surface area contributed by atoms with Crippen LogP contribution in [0.5, 0.6) is 0 Å². The topological polar surface area (TPSA) is 39.4 Å². The van der Waals surface area contributed by atoms with Crippen LogP contribution in [0.1, 0.15) is 34.6 Å². The maximum Gasteiger partial charge on any atom is 0.0226 e. The third-order valence-corrected chi connectivity index (χ3v) is 8.50. The van der Waals surface area contributed by atoms with Crippen LogP contribution in [-0.4, -0.2) is 0 Å². The molecule has 0 atom stereocenters. The van der Waals surface area contributed by atoms with Crippen molar-refractivity contribution in [2.45, 2.75) is 34.6 Å². The van der Waals surface area contributed by atoms with Gasteiger partial charge < -0.3 is 16.9 Å². The van der Waals surface area contributed by atoms with Gasteiger partial charge in [-0.3, -0.25) is 5.92 Å². The Morgan fingerprint density at radius 2 is 0.921 bits per heavy atom. The summed E-state index contributed by atoms with van der Waals surface area (Å²) < 4.78 is 0. The van der Waals surface area contributed by atoms with E-state index in [0.717, 1.165) is 0 Å². The summed E-state index contributed by atoms with van der Waals surface area (Å²) in [5.41, 5.74) is 11.6. The van der Waals surface area contributed by atoms with Crippen molar-refractivity contribution in [3.8, 4) is 30.1 Å². The van der Waals surface area contributed by atoms with E-state index in [1.807, 2.05) is 11.8 Å². The Labute approximate surface area is 244 Å². The second kappa shape index (κ2) is 19.6. The van der Waals surface area contributed by atoms with Crippen molar-refractivity contribution in [2.75, 3.05) is 0 Å². The molecule has 38 heavy (non-hydrogen) atoms. The largest absolute Gasteiger partial charge is 0.577 e. The van der Waals surface area contributed by atoms with Crippen molar-refractivity contribution in [3.05, 3.63) is 136 Å². The van der Waals surface area contributed by atoms with E-state index in [1.54, 1.807) is 0 Å². The van der Waals surface area contributed by atoms with E-state index in [1.165, 1.54) is 44.1 Å². The van der Waals surface area contributed by atoms with Gasteiger partial charge in [0.05, 0.1) is 0 Å². The van der Waals surface area contributed by atoms with Crippen LogP contribution in [0, 0.1) is 47.4 Å². The fourth-order valence-corrected chi connectivity index (χ4v) is 5.96. The molecular formula is C34H31NOPRe-2. The molecular weight excluding hydrogens is 656 g/mol. The third-order valence-electron chi connectivity index (χ3n) is 6.05. The summed E-state index contributed by atoms with van der Waals surface area (Å²) in [5, 5.41) is 4.19. The molecule has 3 aromatic rings. The standard InChI is InChI=1S/C18H15P.C10H15.C6H.NO.Re/c1-4-10-16(11-5-1)19(17-12-6-2-7-13-17)18-14-8-3-9-15-18;1-6-7(2)9(4)10(5)8(6)3;1-3-5-6-4-2;1-2;/h1-15H;1-5H3;1H;;/q;;2*-1;. The van der Waals surface area contributed by atoms with E-state index >= 15 is 0 Å². The Hall–Kier alpha value is -3.49. The van der Waals surface area contributed by atoms with Gasteiger partial charge in [-0.25, -0.2) is 5.92 Å².